The highest BCUT2D eigenvalue weighted by Crippen LogP contribution is 2.25. The molecular weight excluding hydrogens is 248 g/mol. The third kappa shape index (κ3) is 2.28. The van der Waals surface area contributed by atoms with E-state index in [9.17, 15) is 0 Å². The van der Waals surface area contributed by atoms with E-state index in [2.05, 4.69) is 42.1 Å². The van der Waals surface area contributed by atoms with Gasteiger partial charge in [-0.1, -0.05) is 6.07 Å². The molecule has 3 aromatic rings. The van der Waals surface area contributed by atoms with E-state index < -0.39 is 0 Å². The molecule has 2 aromatic heterocycles. The minimum atomic E-state index is 0.662. The van der Waals surface area contributed by atoms with Crippen molar-refractivity contribution in [1.29, 1.82) is 0 Å². The summed E-state index contributed by atoms with van der Waals surface area (Å²) in [5, 5.41) is 4.60. The van der Waals surface area contributed by atoms with Gasteiger partial charge in [0.2, 0.25) is 0 Å². The zero-order valence-electron chi connectivity index (χ0n) is 11.5. The summed E-state index contributed by atoms with van der Waals surface area (Å²) in [5.74, 6) is 0. The second-order valence-electron chi connectivity index (χ2n) is 4.96. The van der Waals surface area contributed by atoms with Crippen molar-refractivity contribution >= 4 is 5.69 Å². The lowest BCUT2D eigenvalue weighted by atomic mass is 10.1. The van der Waals surface area contributed by atoms with E-state index in [0.29, 0.717) is 5.69 Å². The van der Waals surface area contributed by atoms with Gasteiger partial charge in [-0.25, -0.2) is 4.68 Å². The molecule has 0 radical (unpaired) electrons. The van der Waals surface area contributed by atoms with Gasteiger partial charge >= 0.3 is 0 Å². The summed E-state index contributed by atoms with van der Waals surface area (Å²) >= 11 is 0. The highest BCUT2D eigenvalue weighted by atomic mass is 15.3. The minimum Gasteiger partial charge on any atom is -0.396 e. The number of nitrogen functional groups attached to an aromatic ring is 1. The fourth-order valence-electron chi connectivity index (χ4n) is 2.34. The van der Waals surface area contributed by atoms with Gasteiger partial charge in [0.15, 0.2) is 0 Å². The predicted molar refractivity (Wildman–Crippen MR) is 80.7 cm³/mol. The van der Waals surface area contributed by atoms with E-state index >= 15 is 0 Å². The zero-order valence-corrected chi connectivity index (χ0v) is 11.5. The number of hydrogen-bond donors (Lipinski definition) is 1. The molecule has 100 valence electrons. The van der Waals surface area contributed by atoms with Crippen molar-refractivity contribution in [3.63, 3.8) is 0 Å². The Hall–Kier alpha value is -2.62. The third-order valence-corrected chi connectivity index (χ3v) is 3.17. The number of hydrogen-bond acceptors (Lipinski definition) is 3. The van der Waals surface area contributed by atoms with Crippen LogP contribution in [0.5, 0.6) is 0 Å². The third-order valence-electron chi connectivity index (χ3n) is 3.17. The van der Waals surface area contributed by atoms with Crippen molar-refractivity contribution in [3.8, 4) is 16.9 Å². The first-order chi connectivity index (χ1) is 9.63. The van der Waals surface area contributed by atoms with Crippen LogP contribution in [0.2, 0.25) is 0 Å². The Morgan fingerprint density at radius 3 is 2.30 bits per heavy atom. The van der Waals surface area contributed by atoms with Gasteiger partial charge < -0.3 is 5.73 Å². The summed E-state index contributed by atoms with van der Waals surface area (Å²) in [4.78, 5) is 4.01. The molecule has 0 aliphatic heterocycles. The van der Waals surface area contributed by atoms with Gasteiger partial charge in [0.25, 0.3) is 0 Å². The van der Waals surface area contributed by atoms with Gasteiger partial charge in [0, 0.05) is 18.0 Å². The van der Waals surface area contributed by atoms with Crippen LogP contribution in [-0.2, 0) is 0 Å². The van der Waals surface area contributed by atoms with Crippen LogP contribution in [0.25, 0.3) is 16.9 Å². The molecule has 0 fully saturated rings. The summed E-state index contributed by atoms with van der Waals surface area (Å²) in [6.07, 6.45) is 5.33. The Labute approximate surface area is 117 Å². The molecular formula is C16H16N4. The largest absolute Gasteiger partial charge is 0.396 e. The van der Waals surface area contributed by atoms with Crippen molar-refractivity contribution in [2.24, 2.45) is 0 Å². The number of nitrogens with zero attached hydrogens (tertiary/aromatic N) is 3. The van der Waals surface area contributed by atoms with Gasteiger partial charge in [-0.3, -0.25) is 4.98 Å². The molecule has 0 atom stereocenters. The molecule has 0 saturated carbocycles. The van der Waals surface area contributed by atoms with Crippen molar-refractivity contribution in [2.75, 3.05) is 5.73 Å². The summed E-state index contributed by atoms with van der Waals surface area (Å²) in [6.45, 7) is 4.15. The molecule has 0 bridgehead atoms. The standard InChI is InChI=1S/C16H16N4/c1-11-7-12(2)9-14(8-11)20-10-15(17)16(19-20)13-3-5-18-6-4-13/h3-10H,17H2,1-2H3. The van der Waals surface area contributed by atoms with E-state index in [0.717, 1.165) is 16.9 Å². The van der Waals surface area contributed by atoms with E-state index in [1.54, 1.807) is 12.4 Å². The minimum absolute atomic E-state index is 0.662. The van der Waals surface area contributed by atoms with Crippen LogP contribution in [0.15, 0.2) is 48.9 Å². The van der Waals surface area contributed by atoms with Crippen LogP contribution >= 0.6 is 0 Å². The summed E-state index contributed by atoms with van der Waals surface area (Å²) in [6, 6.07) is 10.1. The molecule has 0 aliphatic rings. The molecule has 0 unspecified atom stereocenters. The van der Waals surface area contributed by atoms with Crippen molar-refractivity contribution in [2.45, 2.75) is 13.8 Å². The number of nitrogens with two attached hydrogens (primary N) is 1. The molecule has 2 N–H and O–H groups in total. The Balaban J connectivity index is 2.09. The molecule has 1 aromatic carbocycles. The average Bonchev–Trinajstić information content (AvgIpc) is 2.81. The Kier molecular flexibility index (Phi) is 2.99. The first-order valence-electron chi connectivity index (χ1n) is 6.48. The smallest absolute Gasteiger partial charge is 0.116 e. The fraction of sp³-hybridized carbons (Fsp3) is 0.125. The number of benzene rings is 1. The Morgan fingerprint density at radius 1 is 1.00 bits per heavy atom. The number of rotatable bonds is 2. The van der Waals surface area contributed by atoms with E-state index in [4.69, 9.17) is 5.73 Å². The van der Waals surface area contributed by atoms with Gasteiger partial charge in [-0.2, -0.15) is 5.10 Å². The Bertz CT molecular complexity index is 724. The molecule has 0 aliphatic carbocycles. The van der Waals surface area contributed by atoms with Crippen LogP contribution in [0, 0.1) is 13.8 Å². The molecule has 0 saturated heterocycles. The monoisotopic (exact) mass is 264 g/mol. The maximum absolute atomic E-state index is 6.08. The van der Waals surface area contributed by atoms with Crippen LogP contribution in [-0.4, -0.2) is 14.8 Å². The van der Waals surface area contributed by atoms with E-state index in [-0.39, 0.29) is 0 Å². The van der Waals surface area contributed by atoms with Crippen LogP contribution in [0.1, 0.15) is 11.1 Å². The maximum atomic E-state index is 6.08. The van der Waals surface area contributed by atoms with Crippen LogP contribution < -0.4 is 5.73 Å². The lowest BCUT2D eigenvalue weighted by molar-refractivity contribution is 0.881. The SMILES string of the molecule is Cc1cc(C)cc(-n2cc(N)c(-c3ccncc3)n2)c1. The molecule has 20 heavy (non-hydrogen) atoms. The first kappa shape index (κ1) is 12.4. The highest BCUT2D eigenvalue weighted by molar-refractivity contribution is 5.72. The lowest BCUT2D eigenvalue weighted by Crippen LogP contribution is -1.96. The number of aryl methyl sites for hydroxylation is 2. The van der Waals surface area contributed by atoms with Crippen molar-refractivity contribution in [3.05, 3.63) is 60.0 Å². The van der Waals surface area contributed by atoms with Gasteiger partial charge in [0.1, 0.15) is 5.69 Å². The molecule has 4 nitrogen and oxygen atoms in total. The molecule has 4 heteroatoms. The van der Waals surface area contributed by atoms with Crippen molar-refractivity contribution in [1.82, 2.24) is 14.8 Å². The van der Waals surface area contributed by atoms with Gasteiger partial charge in [0.05, 0.1) is 17.6 Å². The fourth-order valence-corrected chi connectivity index (χ4v) is 2.34. The zero-order chi connectivity index (χ0) is 14.1. The van der Waals surface area contributed by atoms with E-state index in [1.807, 2.05) is 23.0 Å². The summed E-state index contributed by atoms with van der Waals surface area (Å²) in [7, 11) is 0. The van der Waals surface area contributed by atoms with Gasteiger partial charge in [-0.15, -0.1) is 0 Å². The quantitative estimate of drug-likeness (QED) is 0.773. The van der Waals surface area contributed by atoms with Crippen LogP contribution in [0.4, 0.5) is 5.69 Å². The summed E-state index contributed by atoms with van der Waals surface area (Å²) < 4.78 is 1.82. The Morgan fingerprint density at radius 2 is 1.65 bits per heavy atom. The maximum Gasteiger partial charge on any atom is 0.116 e. The van der Waals surface area contributed by atoms with Crippen molar-refractivity contribution < 1.29 is 0 Å². The summed E-state index contributed by atoms with van der Waals surface area (Å²) in [5.41, 5.74) is 11.9. The average molecular weight is 264 g/mol. The highest BCUT2D eigenvalue weighted by Gasteiger charge is 2.09. The number of anilines is 1. The topological polar surface area (TPSA) is 56.7 Å². The molecule has 0 spiro atoms. The van der Waals surface area contributed by atoms with Crippen LogP contribution in [0.3, 0.4) is 0 Å². The number of pyridine rings is 1. The molecule has 2 heterocycles. The molecule has 0 amide bonds. The first-order valence-corrected chi connectivity index (χ1v) is 6.48. The second kappa shape index (κ2) is 4.81. The second-order valence-corrected chi connectivity index (χ2v) is 4.96. The predicted octanol–water partition coefficient (Wildman–Crippen LogP) is 3.13. The lowest BCUT2D eigenvalue weighted by Gasteiger charge is -2.04. The normalized spacial score (nSPS) is 10.7. The van der Waals surface area contributed by atoms with Gasteiger partial charge in [-0.05, 0) is 49.2 Å². The van der Waals surface area contributed by atoms with E-state index in [1.165, 1.54) is 11.1 Å². The molecule has 3 rings (SSSR count). The number of aromatic nitrogens is 3.